The van der Waals surface area contributed by atoms with Crippen molar-refractivity contribution in [2.24, 2.45) is 0 Å². The van der Waals surface area contributed by atoms with Crippen LogP contribution in [0.4, 0.5) is 17.1 Å². The molecule has 1 nitrogen and oxygen atoms in total. The van der Waals surface area contributed by atoms with Crippen LogP contribution in [0.5, 0.6) is 0 Å². The van der Waals surface area contributed by atoms with E-state index < -0.39 is 0 Å². The monoisotopic (exact) mass is 671 g/mol. The molecule has 0 bridgehead atoms. The molecule has 0 spiro atoms. The van der Waals surface area contributed by atoms with Crippen LogP contribution in [-0.2, 0) is 5.41 Å². The number of anilines is 3. The lowest BCUT2D eigenvalue weighted by Crippen LogP contribution is -2.23. The van der Waals surface area contributed by atoms with Gasteiger partial charge in [0.25, 0.3) is 0 Å². The Labute approximate surface area is 309 Å². The molecule has 254 valence electrons. The van der Waals surface area contributed by atoms with Crippen LogP contribution in [0.15, 0.2) is 164 Å². The molecule has 0 aliphatic heterocycles. The van der Waals surface area contributed by atoms with Gasteiger partial charge < -0.3 is 4.90 Å². The quantitative estimate of drug-likeness (QED) is 0.138. The van der Waals surface area contributed by atoms with Crippen molar-refractivity contribution in [2.45, 2.75) is 46.0 Å². The SMILES string of the molecule is CCC1(CC)c2cc(C=Cc3ccc(-c4c(C)ccc(-c5ccccc5)c4C)cc3)ccc2-c2ccc(N(c3ccccc3)c3ccccc3)cc21. The van der Waals surface area contributed by atoms with Crippen LogP contribution in [0.1, 0.15) is 60.1 Å². The summed E-state index contributed by atoms with van der Waals surface area (Å²) in [4.78, 5) is 2.38. The van der Waals surface area contributed by atoms with Crippen molar-refractivity contribution in [3.63, 3.8) is 0 Å². The Hall–Kier alpha value is -5.92. The third kappa shape index (κ3) is 5.87. The molecule has 52 heavy (non-hydrogen) atoms. The van der Waals surface area contributed by atoms with Crippen LogP contribution in [-0.4, -0.2) is 0 Å². The molecule has 7 aromatic carbocycles. The zero-order chi connectivity index (χ0) is 35.7. The van der Waals surface area contributed by atoms with Gasteiger partial charge in [-0.1, -0.05) is 153 Å². The Kier molecular flexibility index (Phi) is 8.95. The molecule has 8 rings (SSSR count). The molecule has 0 saturated heterocycles. The summed E-state index contributed by atoms with van der Waals surface area (Å²) in [6.45, 7) is 9.17. The second-order valence-electron chi connectivity index (χ2n) is 14.1. The minimum absolute atomic E-state index is 0.0464. The summed E-state index contributed by atoms with van der Waals surface area (Å²) in [6, 6.07) is 59.8. The standard InChI is InChI=1S/C51H45N/c1-5-51(6-2)48-34-39(24-23-38-25-28-41(29-26-38)50-36(3)22-31-45(37(50)4)40-16-10-7-11-17-40)27-32-46(48)47-33-30-44(35-49(47)51)52(42-18-12-8-13-19-42)43-20-14-9-15-21-43/h7-35H,5-6H2,1-4H3. The molecular weight excluding hydrogens is 627 g/mol. The molecule has 0 unspecified atom stereocenters. The summed E-state index contributed by atoms with van der Waals surface area (Å²) in [6.07, 6.45) is 6.62. The Morgan fingerprint density at radius 3 is 1.60 bits per heavy atom. The highest BCUT2D eigenvalue weighted by Gasteiger charge is 2.41. The van der Waals surface area contributed by atoms with E-state index in [0.717, 1.165) is 24.2 Å². The Morgan fingerprint density at radius 2 is 0.981 bits per heavy atom. The minimum Gasteiger partial charge on any atom is -0.310 e. The van der Waals surface area contributed by atoms with E-state index in [1.54, 1.807) is 0 Å². The van der Waals surface area contributed by atoms with Crippen molar-refractivity contribution in [1.82, 2.24) is 0 Å². The van der Waals surface area contributed by atoms with Gasteiger partial charge in [0.2, 0.25) is 0 Å². The summed E-state index contributed by atoms with van der Waals surface area (Å²) in [5.41, 5.74) is 19.3. The van der Waals surface area contributed by atoms with Crippen LogP contribution >= 0.6 is 0 Å². The molecule has 0 atom stereocenters. The maximum absolute atomic E-state index is 2.46. The van der Waals surface area contributed by atoms with Crippen molar-refractivity contribution in [3.05, 3.63) is 197 Å². The van der Waals surface area contributed by atoms with Crippen LogP contribution in [0, 0.1) is 13.8 Å². The molecule has 1 aliphatic carbocycles. The number of hydrogen-bond donors (Lipinski definition) is 0. The van der Waals surface area contributed by atoms with Gasteiger partial charge in [-0.2, -0.15) is 0 Å². The first-order chi connectivity index (χ1) is 25.5. The molecule has 7 aromatic rings. The van der Waals surface area contributed by atoms with Gasteiger partial charge in [0.15, 0.2) is 0 Å². The molecular formula is C51H45N. The zero-order valence-corrected chi connectivity index (χ0v) is 30.6. The highest BCUT2D eigenvalue weighted by atomic mass is 15.1. The van der Waals surface area contributed by atoms with E-state index in [-0.39, 0.29) is 5.41 Å². The summed E-state index contributed by atoms with van der Waals surface area (Å²) in [7, 11) is 0. The predicted octanol–water partition coefficient (Wildman–Crippen LogP) is 14.4. The van der Waals surface area contributed by atoms with Crippen LogP contribution in [0.3, 0.4) is 0 Å². The molecule has 1 aliphatic rings. The van der Waals surface area contributed by atoms with Crippen molar-refractivity contribution in [1.29, 1.82) is 0 Å². The zero-order valence-electron chi connectivity index (χ0n) is 30.6. The van der Waals surface area contributed by atoms with Crippen molar-refractivity contribution in [2.75, 3.05) is 4.90 Å². The van der Waals surface area contributed by atoms with Crippen molar-refractivity contribution in [3.8, 4) is 33.4 Å². The summed E-state index contributed by atoms with van der Waals surface area (Å²) in [5, 5.41) is 0. The summed E-state index contributed by atoms with van der Waals surface area (Å²) < 4.78 is 0. The van der Waals surface area contributed by atoms with Gasteiger partial charge in [-0.15, -0.1) is 0 Å². The lowest BCUT2D eigenvalue weighted by molar-refractivity contribution is 0.490. The highest BCUT2D eigenvalue weighted by Crippen LogP contribution is 2.54. The number of para-hydroxylation sites is 2. The number of aryl methyl sites for hydroxylation is 1. The molecule has 0 aromatic heterocycles. The van der Waals surface area contributed by atoms with Gasteiger partial charge in [-0.25, -0.2) is 0 Å². The van der Waals surface area contributed by atoms with Gasteiger partial charge in [0.1, 0.15) is 0 Å². The van der Waals surface area contributed by atoms with Crippen molar-refractivity contribution < 1.29 is 0 Å². The Bertz CT molecular complexity index is 2320. The molecule has 0 amide bonds. The second-order valence-corrected chi connectivity index (χ2v) is 14.1. The lowest BCUT2D eigenvalue weighted by Gasteiger charge is -2.32. The molecule has 0 radical (unpaired) electrons. The van der Waals surface area contributed by atoms with Gasteiger partial charge in [-0.05, 0) is 130 Å². The molecule has 0 fully saturated rings. The van der Waals surface area contributed by atoms with E-state index in [2.05, 4.69) is 209 Å². The fraction of sp³-hybridized carbons (Fsp3) is 0.137. The average molecular weight is 672 g/mol. The summed E-state index contributed by atoms with van der Waals surface area (Å²) >= 11 is 0. The van der Waals surface area contributed by atoms with Gasteiger partial charge >= 0.3 is 0 Å². The van der Waals surface area contributed by atoms with E-state index in [9.17, 15) is 0 Å². The maximum atomic E-state index is 2.46. The second kappa shape index (κ2) is 14.0. The third-order valence-corrected chi connectivity index (χ3v) is 11.3. The topological polar surface area (TPSA) is 3.24 Å². The number of fused-ring (bicyclic) bond motifs is 3. The average Bonchev–Trinajstić information content (AvgIpc) is 3.47. The summed E-state index contributed by atoms with van der Waals surface area (Å²) in [5.74, 6) is 0. The Balaban J connectivity index is 1.10. The van der Waals surface area contributed by atoms with Gasteiger partial charge in [0.05, 0.1) is 0 Å². The number of nitrogens with zero attached hydrogens (tertiary/aromatic N) is 1. The molecule has 0 heterocycles. The van der Waals surface area contributed by atoms with E-state index in [1.165, 1.54) is 72.4 Å². The first-order valence-electron chi connectivity index (χ1n) is 18.6. The molecule has 0 N–H and O–H groups in total. The number of hydrogen-bond acceptors (Lipinski definition) is 1. The normalized spacial score (nSPS) is 12.8. The first-order valence-corrected chi connectivity index (χ1v) is 18.6. The molecule has 1 heteroatoms. The van der Waals surface area contributed by atoms with Crippen LogP contribution < -0.4 is 4.90 Å². The predicted molar refractivity (Wildman–Crippen MR) is 224 cm³/mol. The van der Waals surface area contributed by atoms with E-state index in [0.29, 0.717) is 0 Å². The van der Waals surface area contributed by atoms with E-state index in [1.807, 2.05) is 0 Å². The van der Waals surface area contributed by atoms with E-state index >= 15 is 0 Å². The first kappa shape index (κ1) is 33.2. The number of rotatable bonds is 9. The fourth-order valence-electron chi connectivity index (χ4n) is 8.53. The lowest BCUT2D eigenvalue weighted by atomic mass is 9.73. The highest BCUT2D eigenvalue weighted by molar-refractivity contribution is 5.87. The van der Waals surface area contributed by atoms with Gasteiger partial charge in [0, 0.05) is 22.5 Å². The largest absolute Gasteiger partial charge is 0.310 e. The van der Waals surface area contributed by atoms with Crippen LogP contribution in [0.25, 0.3) is 45.5 Å². The third-order valence-electron chi connectivity index (χ3n) is 11.3. The van der Waals surface area contributed by atoms with Crippen molar-refractivity contribution >= 4 is 29.2 Å². The fourth-order valence-corrected chi connectivity index (χ4v) is 8.53. The maximum Gasteiger partial charge on any atom is 0.0465 e. The molecule has 0 saturated carbocycles. The van der Waals surface area contributed by atoms with Crippen LogP contribution in [0.2, 0.25) is 0 Å². The number of benzene rings is 7. The Morgan fingerprint density at radius 1 is 0.462 bits per heavy atom. The van der Waals surface area contributed by atoms with Gasteiger partial charge in [-0.3, -0.25) is 0 Å². The smallest absolute Gasteiger partial charge is 0.0465 e. The van der Waals surface area contributed by atoms with E-state index in [4.69, 9.17) is 0 Å². The minimum atomic E-state index is -0.0464.